The fraction of sp³-hybridized carbons (Fsp3) is 0.500. The highest BCUT2D eigenvalue weighted by Gasteiger charge is 2.10. The Bertz CT molecular complexity index is 441. The number of carbonyl (C=O) groups excluding carboxylic acids is 1. The van der Waals surface area contributed by atoms with Crippen molar-refractivity contribution >= 4 is 6.09 Å². The number of aryl methyl sites for hydroxylation is 1. The molecule has 1 aromatic rings. The second-order valence-electron chi connectivity index (χ2n) is 4.29. The summed E-state index contributed by atoms with van der Waals surface area (Å²) < 4.78 is 9.87. The van der Waals surface area contributed by atoms with Gasteiger partial charge >= 0.3 is 6.09 Å². The summed E-state index contributed by atoms with van der Waals surface area (Å²) in [5, 5.41) is 2.69. The van der Waals surface area contributed by atoms with E-state index in [1.807, 2.05) is 13.0 Å². The van der Waals surface area contributed by atoms with Crippen LogP contribution in [0.25, 0.3) is 0 Å². The number of hydrogen-bond donors (Lipinski definition) is 1. The van der Waals surface area contributed by atoms with Crippen LogP contribution in [0.3, 0.4) is 0 Å². The topological polar surface area (TPSA) is 47.6 Å². The van der Waals surface area contributed by atoms with E-state index in [1.54, 1.807) is 7.11 Å². The molecule has 1 rings (SSSR count). The van der Waals surface area contributed by atoms with Gasteiger partial charge in [0.25, 0.3) is 0 Å². The molecule has 0 aromatic heterocycles. The molecule has 4 nitrogen and oxygen atoms in total. The molecule has 0 bridgehead atoms. The third-order valence-corrected chi connectivity index (χ3v) is 3.26. The van der Waals surface area contributed by atoms with Crippen molar-refractivity contribution in [2.45, 2.75) is 27.2 Å². The van der Waals surface area contributed by atoms with Gasteiger partial charge in [0.1, 0.15) is 5.75 Å². The molecule has 0 aliphatic rings. The molecule has 0 fully saturated rings. The van der Waals surface area contributed by atoms with Crippen LogP contribution in [0.2, 0.25) is 0 Å². The van der Waals surface area contributed by atoms with Crippen LogP contribution in [0.15, 0.2) is 6.07 Å². The minimum absolute atomic E-state index is 0.393. The first kappa shape index (κ1) is 14.4. The van der Waals surface area contributed by atoms with Gasteiger partial charge in [-0.2, -0.15) is 0 Å². The molecule has 0 saturated heterocycles. The number of nitrogens with one attached hydrogen (secondary N) is 1. The standard InChI is InChI=1S/C14H21NO3/c1-9-8-13(17-4)11(3)10(2)12(9)6-7-15-14(16)18-5/h8H,6-7H2,1-5H3,(H,15,16). The van der Waals surface area contributed by atoms with E-state index in [2.05, 4.69) is 23.9 Å². The van der Waals surface area contributed by atoms with Gasteiger partial charge in [-0.15, -0.1) is 0 Å². The first-order valence-electron chi connectivity index (χ1n) is 5.96. The molecule has 100 valence electrons. The van der Waals surface area contributed by atoms with Gasteiger partial charge in [0.05, 0.1) is 14.2 Å². The first-order chi connectivity index (χ1) is 8.51. The molecule has 0 aliphatic carbocycles. The molecule has 1 aromatic carbocycles. The molecule has 0 unspecified atom stereocenters. The predicted octanol–water partition coefficient (Wildman–Crippen LogP) is 2.52. The molecule has 4 heteroatoms. The van der Waals surface area contributed by atoms with Crippen LogP contribution in [0.5, 0.6) is 5.75 Å². The minimum atomic E-state index is -0.393. The second kappa shape index (κ2) is 6.28. The van der Waals surface area contributed by atoms with Gasteiger partial charge in [0, 0.05) is 6.54 Å². The lowest BCUT2D eigenvalue weighted by Gasteiger charge is -2.16. The van der Waals surface area contributed by atoms with Gasteiger partial charge in [0.15, 0.2) is 0 Å². The molecule has 0 saturated carbocycles. The number of rotatable bonds is 4. The molecule has 0 radical (unpaired) electrons. The summed E-state index contributed by atoms with van der Waals surface area (Å²) in [5.41, 5.74) is 4.81. The van der Waals surface area contributed by atoms with E-state index in [-0.39, 0.29) is 0 Å². The Morgan fingerprint density at radius 2 is 1.89 bits per heavy atom. The average molecular weight is 251 g/mol. The first-order valence-corrected chi connectivity index (χ1v) is 5.96. The SMILES string of the molecule is COC(=O)NCCc1c(C)cc(OC)c(C)c1C. The molecule has 0 heterocycles. The van der Waals surface area contributed by atoms with Crippen LogP contribution in [0.1, 0.15) is 22.3 Å². The number of methoxy groups -OCH3 is 2. The van der Waals surface area contributed by atoms with Crippen molar-refractivity contribution in [3.63, 3.8) is 0 Å². The number of hydrogen-bond acceptors (Lipinski definition) is 3. The Balaban J connectivity index is 2.83. The van der Waals surface area contributed by atoms with Crippen molar-refractivity contribution in [3.05, 3.63) is 28.3 Å². The fourth-order valence-corrected chi connectivity index (χ4v) is 2.06. The fourth-order valence-electron chi connectivity index (χ4n) is 2.06. The van der Waals surface area contributed by atoms with Gasteiger partial charge in [0.2, 0.25) is 0 Å². The van der Waals surface area contributed by atoms with Crippen LogP contribution in [-0.4, -0.2) is 26.9 Å². The number of ether oxygens (including phenoxy) is 2. The second-order valence-corrected chi connectivity index (χ2v) is 4.29. The van der Waals surface area contributed by atoms with Gasteiger partial charge in [-0.25, -0.2) is 4.79 Å². The summed E-state index contributed by atoms with van der Waals surface area (Å²) in [4.78, 5) is 11.0. The van der Waals surface area contributed by atoms with Crippen molar-refractivity contribution in [1.82, 2.24) is 5.32 Å². The zero-order chi connectivity index (χ0) is 13.7. The number of benzene rings is 1. The predicted molar refractivity (Wildman–Crippen MR) is 71.3 cm³/mol. The summed E-state index contributed by atoms with van der Waals surface area (Å²) in [6.07, 6.45) is 0.396. The Hall–Kier alpha value is -1.71. The lowest BCUT2D eigenvalue weighted by atomic mass is 9.95. The van der Waals surface area contributed by atoms with Gasteiger partial charge in [-0.3, -0.25) is 0 Å². The highest BCUT2D eigenvalue weighted by atomic mass is 16.5. The molecule has 1 amide bonds. The summed E-state index contributed by atoms with van der Waals surface area (Å²) in [5.74, 6) is 0.912. The van der Waals surface area contributed by atoms with E-state index in [1.165, 1.54) is 23.8 Å². The van der Waals surface area contributed by atoms with Crippen molar-refractivity contribution in [3.8, 4) is 5.75 Å². The van der Waals surface area contributed by atoms with E-state index in [9.17, 15) is 4.79 Å². The maximum atomic E-state index is 11.0. The highest BCUT2D eigenvalue weighted by molar-refractivity contribution is 5.66. The van der Waals surface area contributed by atoms with Crippen LogP contribution in [0.4, 0.5) is 4.79 Å². The third kappa shape index (κ3) is 3.15. The Labute approximate surface area is 108 Å². The number of amides is 1. The quantitative estimate of drug-likeness (QED) is 0.894. The molecule has 18 heavy (non-hydrogen) atoms. The van der Waals surface area contributed by atoms with E-state index in [0.717, 1.165) is 17.7 Å². The highest BCUT2D eigenvalue weighted by Crippen LogP contribution is 2.27. The molecule has 1 N–H and O–H groups in total. The normalized spacial score (nSPS) is 10.1. The zero-order valence-electron chi connectivity index (χ0n) is 11.7. The smallest absolute Gasteiger partial charge is 0.406 e. The van der Waals surface area contributed by atoms with E-state index >= 15 is 0 Å². The minimum Gasteiger partial charge on any atom is -0.496 e. The summed E-state index contributed by atoms with van der Waals surface area (Å²) >= 11 is 0. The molecular formula is C14H21NO3. The van der Waals surface area contributed by atoms with Crippen LogP contribution < -0.4 is 10.1 Å². The van der Waals surface area contributed by atoms with Gasteiger partial charge < -0.3 is 14.8 Å². The Morgan fingerprint density at radius 1 is 1.22 bits per heavy atom. The Kier molecular flexibility index (Phi) is 5.01. The average Bonchev–Trinajstić information content (AvgIpc) is 2.37. The maximum Gasteiger partial charge on any atom is 0.406 e. The summed E-state index contributed by atoms with van der Waals surface area (Å²) in [6, 6.07) is 2.04. The largest absolute Gasteiger partial charge is 0.496 e. The number of carbonyl (C=O) groups is 1. The molecular weight excluding hydrogens is 230 g/mol. The molecule has 0 aliphatic heterocycles. The van der Waals surface area contributed by atoms with Crippen LogP contribution in [-0.2, 0) is 11.2 Å². The Morgan fingerprint density at radius 3 is 2.44 bits per heavy atom. The third-order valence-electron chi connectivity index (χ3n) is 3.26. The van der Waals surface area contributed by atoms with Crippen molar-refractivity contribution in [2.24, 2.45) is 0 Å². The van der Waals surface area contributed by atoms with Crippen LogP contribution >= 0.6 is 0 Å². The van der Waals surface area contributed by atoms with E-state index < -0.39 is 6.09 Å². The number of alkyl carbamates (subject to hydrolysis) is 1. The van der Waals surface area contributed by atoms with Gasteiger partial charge in [-0.05, 0) is 55.5 Å². The zero-order valence-corrected chi connectivity index (χ0v) is 11.7. The van der Waals surface area contributed by atoms with Crippen molar-refractivity contribution < 1.29 is 14.3 Å². The summed E-state index contributed by atoms with van der Waals surface area (Å²) in [6.45, 7) is 6.76. The monoisotopic (exact) mass is 251 g/mol. The summed E-state index contributed by atoms with van der Waals surface area (Å²) in [7, 11) is 3.04. The lowest BCUT2D eigenvalue weighted by molar-refractivity contribution is 0.171. The van der Waals surface area contributed by atoms with E-state index in [0.29, 0.717) is 6.54 Å². The van der Waals surface area contributed by atoms with Crippen molar-refractivity contribution in [1.29, 1.82) is 0 Å². The molecule has 0 atom stereocenters. The van der Waals surface area contributed by atoms with Gasteiger partial charge in [-0.1, -0.05) is 0 Å². The van der Waals surface area contributed by atoms with E-state index in [4.69, 9.17) is 4.74 Å². The lowest BCUT2D eigenvalue weighted by Crippen LogP contribution is -2.25. The van der Waals surface area contributed by atoms with Crippen molar-refractivity contribution in [2.75, 3.05) is 20.8 Å². The van der Waals surface area contributed by atoms with Crippen LogP contribution in [0, 0.1) is 20.8 Å². The maximum absolute atomic E-state index is 11.0. The molecule has 0 spiro atoms.